The smallest absolute Gasteiger partial charge is 0.0467 e. The number of benzene rings is 9. The van der Waals surface area contributed by atoms with Gasteiger partial charge < -0.3 is 4.90 Å². The van der Waals surface area contributed by atoms with Crippen molar-refractivity contribution in [2.24, 2.45) is 0 Å². The molecule has 0 unspecified atom stereocenters. The molecule has 1 heterocycles. The van der Waals surface area contributed by atoms with Crippen LogP contribution in [0.5, 0.6) is 0 Å². The van der Waals surface area contributed by atoms with Gasteiger partial charge in [-0.1, -0.05) is 146 Å². The second kappa shape index (κ2) is 12.7. The topological polar surface area (TPSA) is 3.24 Å². The van der Waals surface area contributed by atoms with E-state index in [1.165, 1.54) is 75.1 Å². The Hall–Kier alpha value is -6.48. The Morgan fingerprint density at radius 1 is 0.308 bits per heavy atom. The molecule has 0 spiro atoms. The van der Waals surface area contributed by atoms with Gasteiger partial charge in [-0.25, -0.2) is 0 Å². The fraction of sp³-hybridized carbons (Fsp3) is 0. The molecular formula is C50H33NS. The molecule has 52 heavy (non-hydrogen) atoms. The van der Waals surface area contributed by atoms with E-state index in [9.17, 15) is 0 Å². The number of nitrogens with zero attached hydrogens (tertiary/aromatic N) is 1. The summed E-state index contributed by atoms with van der Waals surface area (Å²) in [5, 5.41) is 7.66. The molecule has 2 heteroatoms. The molecule has 10 aromatic rings. The summed E-state index contributed by atoms with van der Waals surface area (Å²) in [5.41, 5.74) is 10.7. The maximum Gasteiger partial charge on any atom is 0.0467 e. The molecule has 0 saturated heterocycles. The summed E-state index contributed by atoms with van der Waals surface area (Å²) in [7, 11) is 0. The van der Waals surface area contributed by atoms with Gasteiger partial charge in [-0.3, -0.25) is 0 Å². The Balaban J connectivity index is 1.09. The van der Waals surface area contributed by atoms with Crippen LogP contribution in [0.4, 0.5) is 17.1 Å². The van der Waals surface area contributed by atoms with Crippen molar-refractivity contribution in [3.05, 3.63) is 200 Å². The van der Waals surface area contributed by atoms with Crippen molar-refractivity contribution in [3.8, 4) is 33.4 Å². The Kier molecular flexibility index (Phi) is 7.41. The molecule has 244 valence electrons. The summed E-state index contributed by atoms with van der Waals surface area (Å²) in [5.74, 6) is 0. The van der Waals surface area contributed by atoms with Gasteiger partial charge in [0.05, 0.1) is 0 Å². The molecule has 0 aliphatic carbocycles. The van der Waals surface area contributed by atoms with Gasteiger partial charge in [0.25, 0.3) is 0 Å². The molecule has 10 rings (SSSR count). The van der Waals surface area contributed by atoms with Crippen LogP contribution in [0.3, 0.4) is 0 Å². The van der Waals surface area contributed by atoms with E-state index in [1.807, 2.05) is 11.3 Å². The van der Waals surface area contributed by atoms with Gasteiger partial charge in [0.15, 0.2) is 0 Å². The average molecular weight is 680 g/mol. The van der Waals surface area contributed by atoms with Crippen LogP contribution in [0.15, 0.2) is 200 Å². The first kappa shape index (κ1) is 30.4. The second-order valence-electron chi connectivity index (χ2n) is 13.3. The highest BCUT2D eigenvalue weighted by Crippen LogP contribution is 2.43. The first-order chi connectivity index (χ1) is 25.8. The molecule has 0 N–H and O–H groups in total. The Morgan fingerprint density at radius 2 is 0.904 bits per heavy atom. The molecule has 0 amide bonds. The quantitative estimate of drug-likeness (QED) is 0.169. The van der Waals surface area contributed by atoms with Crippen LogP contribution in [-0.4, -0.2) is 0 Å². The van der Waals surface area contributed by atoms with Gasteiger partial charge in [-0.2, -0.15) is 0 Å². The summed E-state index contributed by atoms with van der Waals surface area (Å²) < 4.78 is 2.63. The lowest BCUT2D eigenvalue weighted by molar-refractivity contribution is 1.28. The van der Waals surface area contributed by atoms with Crippen LogP contribution in [0, 0.1) is 0 Å². The van der Waals surface area contributed by atoms with Crippen molar-refractivity contribution in [3.63, 3.8) is 0 Å². The van der Waals surface area contributed by atoms with Crippen molar-refractivity contribution in [1.29, 1.82) is 0 Å². The van der Waals surface area contributed by atoms with Gasteiger partial charge in [-0.15, -0.1) is 11.3 Å². The number of rotatable bonds is 6. The van der Waals surface area contributed by atoms with Crippen molar-refractivity contribution in [2.75, 3.05) is 4.90 Å². The van der Waals surface area contributed by atoms with Crippen molar-refractivity contribution < 1.29 is 0 Å². The monoisotopic (exact) mass is 679 g/mol. The number of hydrogen-bond acceptors (Lipinski definition) is 2. The molecule has 0 atom stereocenters. The molecule has 0 saturated carbocycles. The Morgan fingerprint density at radius 3 is 1.73 bits per heavy atom. The van der Waals surface area contributed by atoms with Crippen molar-refractivity contribution >= 4 is 70.1 Å². The zero-order valence-electron chi connectivity index (χ0n) is 28.4. The average Bonchev–Trinajstić information content (AvgIpc) is 3.60. The summed E-state index contributed by atoms with van der Waals surface area (Å²) in [6.45, 7) is 0. The second-order valence-corrected chi connectivity index (χ2v) is 14.4. The van der Waals surface area contributed by atoms with Crippen LogP contribution in [0.2, 0.25) is 0 Å². The van der Waals surface area contributed by atoms with Crippen LogP contribution in [0.25, 0.3) is 75.1 Å². The molecule has 0 aliphatic heterocycles. The highest BCUT2D eigenvalue weighted by Gasteiger charge is 2.17. The van der Waals surface area contributed by atoms with E-state index >= 15 is 0 Å². The van der Waals surface area contributed by atoms with E-state index in [0.717, 1.165) is 17.1 Å². The molecule has 0 aliphatic rings. The number of anilines is 3. The normalized spacial score (nSPS) is 11.5. The van der Waals surface area contributed by atoms with E-state index in [-0.39, 0.29) is 0 Å². The summed E-state index contributed by atoms with van der Waals surface area (Å²) in [4.78, 5) is 2.38. The van der Waals surface area contributed by atoms with Gasteiger partial charge in [0.1, 0.15) is 0 Å². The highest BCUT2D eigenvalue weighted by atomic mass is 32.1. The first-order valence-electron chi connectivity index (χ1n) is 17.8. The Bertz CT molecular complexity index is 2890. The third-order valence-electron chi connectivity index (χ3n) is 10.3. The third-order valence-corrected chi connectivity index (χ3v) is 11.4. The van der Waals surface area contributed by atoms with Crippen LogP contribution >= 0.6 is 11.3 Å². The molecule has 9 aromatic carbocycles. The maximum absolute atomic E-state index is 2.38. The van der Waals surface area contributed by atoms with Crippen molar-refractivity contribution in [2.45, 2.75) is 0 Å². The lowest BCUT2D eigenvalue weighted by atomic mass is 9.97. The molecule has 1 nitrogen and oxygen atoms in total. The summed E-state index contributed by atoms with van der Waals surface area (Å²) >= 11 is 1.86. The predicted octanol–water partition coefficient (Wildman–Crippen LogP) is 14.8. The molecule has 0 bridgehead atoms. The van der Waals surface area contributed by atoms with E-state index in [4.69, 9.17) is 0 Å². The Labute approximate surface area is 307 Å². The fourth-order valence-electron chi connectivity index (χ4n) is 7.71. The molecule has 1 aromatic heterocycles. The zero-order valence-corrected chi connectivity index (χ0v) is 29.2. The molecule has 0 fully saturated rings. The summed E-state index contributed by atoms with van der Waals surface area (Å²) in [6, 6.07) is 73.0. The number of thiophene rings is 1. The lowest BCUT2D eigenvalue weighted by Gasteiger charge is -2.26. The first-order valence-corrected chi connectivity index (χ1v) is 18.6. The standard InChI is InChI=1S/C50H33NS/c1-2-12-38-32-39(23-22-34(38)10-1)35-24-28-41(29-25-35)51(42-30-26-37(27-31-42)45-18-8-13-36-11-3-4-16-44(36)45)43-15-7-14-40(33-43)46-19-9-21-49-50(46)47-17-5-6-20-48(47)52-49/h1-33H. The van der Waals surface area contributed by atoms with Crippen LogP contribution < -0.4 is 4.90 Å². The van der Waals surface area contributed by atoms with E-state index in [0.29, 0.717) is 0 Å². The number of hydrogen-bond donors (Lipinski definition) is 0. The zero-order chi connectivity index (χ0) is 34.4. The maximum atomic E-state index is 2.38. The minimum Gasteiger partial charge on any atom is -0.310 e. The lowest BCUT2D eigenvalue weighted by Crippen LogP contribution is -2.10. The van der Waals surface area contributed by atoms with Gasteiger partial charge >= 0.3 is 0 Å². The van der Waals surface area contributed by atoms with Gasteiger partial charge in [0.2, 0.25) is 0 Å². The van der Waals surface area contributed by atoms with Crippen molar-refractivity contribution in [1.82, 2.24) is 0 Å². The largest absolute Gasteiger partial charge is 0.310 e. The van der Waals surface area contributed by atoms with E-state index in [2.05, 4.69) is 205 Å². The highest BCUT2D eigenvalue weighted by molar-refractivity contribution is 7.25. The fourth-order valence-corrected chi connectivity index (χ4v) is 8.85. The third kappa shape index (κ3) is 5.33. The SMILES string of the molecule is c1cc(-c2cccc3sc4ccccc4c23)cc(N(c2ccc(-c3ccc4ccccc4c3)cc2)c2ccc(-c3cccc4ccccc34)cc2)c1. The van der Waals surface area contributed by atoms with Crippen LogP contribution in [-0.2, 0) is 0 Å². The van der Waals surface area contributed by atoms with Crippen LogP contribution in [0.1, 0.15) is 0 Å². The van der Waals surface area contributed by atoms with Gasteiger partial charge in [-0.05, 0) is 110 Å². The number of fused-ring (bicyclic) bond motifs is 5. The van der Waals surface area contributed by atoms with Gasteiger partial charge in [0, 0.05) is 37.2 Å². The predicted molar refractivity (Wildman–Crippen MR) is 225 cm³/mol. The van der Waals surface area contributed by atoms with E-state index < -0.39 is 0 Å². The molecular weight excluding hydrogens is 647 g/mol. The summed E-state index contributed by atoms with van der Waals surface area (Å²) in [6.07, 6.45) is 0. The van der Waals surface area contributed by atoms with E-state index in [1.54, 1.807) is 0 Å². The minimum atomic E-state index is 1.11. The minimum absolute atomic E-state index is 1.11. The molecule has 0 radical (unpaired) electrons.